The zero-order valence-electron chi connectivity index (χ0n) is 15.8. The molecule has 0 aliphatic rings. The molecule has 0 spiro atoms. The van der Waals surface area contributed by atoms with Gasteiger partial charge >= 0.3 is 11.9 Å². The highest BCUT2D eigenvalue weighted by Gasteiger charge is 2.25. The predicted octanol–water partition coefficient (Wildman–Crippen LogP) is 3.25. The molecule has 0 aliphatic carbocycles. The molecule has 0 fully saturated rings. The summed E-state index contributed by atoms with van der Waals surface area (Å²) in [4.78, 5) is 42.6. The quantitative estimate of drug-likeness (QED) is 0.590. The summed E-state index contributed by atoms with van der Waals surface area (Å²) >= 11 is 1.10. The summed E-state index contributed by atoms with van der Waals surface area (Å²) in [6, 6.07) is 8.52. The average molecular weight is 400 g/mol. The molecule has 0 amide bonds. The van der Waals surface area contributed by atoms with Gasteiger partial charge in [-0.3, -0.25) is 9.36 Å². The van der Waals surface area contributed by atoms with Crippen LogP contribution in [0, 0.1) is 6.92 Å². The third kappa shape index (κ3) is 3.68. The van der Waals surface area contributed by atoms with Gasteiger partial charge in [-0.2, -0.15) is 0 Å². The lowest BCUT2D eigenvalue weighted by molar-refractivity contribution is -0.149. The van der Waals surface area contributed by atoms with Crippen LogP contribution in [-0.2, 0) is 20.9 Å². The lowest BCUT2D eigenvalue weighted by atomic mass is 10.2. The Kier molecular flexibility index (Phi) is 5.89. The van der Waals surface area contributed by atoms with E-state index in [1.807, 2.05) is 30.3 Å². The Morgan fingerprint density at radius 1 is 1.25 bits per heavy atom. The van der Waals surface area contributed by atoms with Crippen molar-refractivity contribution in [3.63, 3.8) is 0 Å². The standard InChI is InChI=1S/C20H20N2O5S/c1-4-14(19(24)27-10-13-8-6-5-7-9-13)22-11-21-17-15(18(22)23)12(2)16(28-17)20(25)26-3/h5-9,11,14H,4,10H2,1-3H3/t14-/m1/s1. The number of aromatic nitrogens is 2. The first kappa shape index (κ1) is 19.8. The number of hydrogen-bond donors (Lipinski definition) is 0. The van der Waals surface area contributed by atoms with Crippen molar-refractivity contribution in [1.82, 2.24) is 9.55 Å². The van der Waals surface area contributed by atoms with Crippen LogP contribution in [0.15, 0.2) is 41.5 Å². The van der Waals surface area contributed by atoms with Crippen LogP contribution in [0.25, 0.3) is 10.2 Å². The number of thiophene rings is 1. The largest absolute Gasteiger partial charge is 0.465 e. The maximum absolute atomic E-state index is 13.0. The molecule has 0 aliphatic heterocycles. The number of carbonyl (C=O) groups is 2. The number of aryl methyl sites for hydroxylation is 1. The van der Waals surface area contributed by atoms with Gasteiger partial charge in [0.05, 0.1) is 18.8 Å². The van der Waals surface area contributed by atoms with Crippen LogP contribution in [0.3, 0.4) is 0 Å². The van der Waals surface area contributed by atoms with E-state index in [4.69, 9.17) is 9.47 Å². The van der Waals surface area contributed by atoms with E-state index in [1.165, 1.54) is 18.0 Å². The topological polar surface area (TPSA) is 87.5 Å². The lowest BCUT2D eigenvalue weighted by Gasteiger charge is -2.17. The van der Waals surface area contributed by atoms with Crippen molar-refractivity contribution in [2.45, 2.75) is 32.9 Å². The first-order chi connectivity index (χ1) is 13.5. The maximum atomic E-state index is 13.0. The Bertz CT molecular complexity index is 1070. The number of nitrogens with zero attached hydrogens (tertiary/aromatic N) is 2. The molecule has 3 rings (SSSR count). The number of benzene rings is 1. The summed E-state index contributed by atoms with van der Waals surface area (Å²) in [7, 11) is 1.29. The van der Waals surface area contributed by atoms with Crippen molar-refractivity contribution in [2.24, 2.45) is 0 Å². The number of fused-ring (bicyclic) bond motifs is 1. The van der Waals surface area contributed by atoms with E-state index in [1.54, 1.807) is 13.8 Å². The second-order valence-electron chi connectivity index (χ2n) is 6.20. The van der Waals surface area contributed by atoms with Crippen LogP contribution in [0.5, 0.6) is 0 Å². The average Bonchev–Trinajstić information content (AvgIpc) is 3.06. The molecule has 1 aromatic carbocycles. The second-order valence-corrected chi connectivity index (χ2v) is 7.20. The van der Waals surface area contributed by atoms with Gasteiger partial charge in [0, 0.05) is 0 Å². The number of hydrogen-bond acceptors (Lipinski definition) is 7. The predicted molar refractivity (Wildman–Crippen MR) is 106 cm³/mol. The van der Waals surface area contributed by atoms with E-state index in [9.17, 15) is 14.4 Å². The van der Waals surface area contributed by atoms with E-state index < -0.39 is 18.0 Å². The van der Waals surface area contributed by atoms with Gasteiger partial charge in [-0.25, -0.2) is 14.6 Å². The highest BCUT2D eigenvalue weighted by atomic mass is 32.1. The molecular formula is C20H20N2O5S. The summed E-state index contributed by atoms with van der Waals surface area (Å²) in [5.74, 6) is -1.02. The minimum Gasteiger partial charge on any atom is -0.465 e. The number of rotatable bonds is 6. The summed E-state index contributed by atoms with van der Waals surface area (Å²) in [6.45, 7) is 3.60. The van der Waals surface area contributed by atoms with Gasteiger partial charge in [-0.1, -0.05) is 37.3 Å². The van der Waals surface area contributed by atoms with E-state index in [-0.39, 0.29) is 12.2 Å². The number of esters is 2. The summed E-state index contributed by atoms with van der Waals surface area (Å²) in [5.41, 5.74) is 0.992. The Morgan fingerprint density at radius 2 is 1.96 bits per heavy atom. The van der Waals surface area contributed by atoms with E-state index in [0.29, 0.717) is 27.1 Å². The fourth-order valence-electron chi connectivity index (χ4n) is 2.95. The maximum Gasteiger partial charge on any atom is 0.348 e. The Balaban J connectivity index is 1.93. The Hall–Kier alpha value is -3.00. The molecule has 28 heavy (non-hydrogen) atoms. The Morgan fingerprint density at radius 3 is 2.61 bits per heavy atom. The number of ether oxygens (including phenoxy) is 2. The number of methoxy groups -OCH3 is 1. The van der Waals surface area contributed by atoms with Gasteiger partial charge in [0.25, 0.3) is 5.56 Å². The van der Waals surface area contributed by atoms with Gasteiger partial charge in [0.2, 0.25) is 0 Å². The highest BCUT2D eigenvalue weighted by Crippen LogP contribution is 2.28. The molecule has 146 valence electrons. The molecule has 8 heteroatoms. The molecule has 3 aromatic rings. The molecular weight excluding hydrogens is 380 g/mol. The summed E-state index contributed by atoms with van der Waals surface area (Å²) in [5, 5.41) is 0.321. The zero-order valence-corrected chi connectivity index (χ0v) is 16.6. The van der Waals surface area contributed by atoms with E-state index in [2.05, 4.69) is 4.98 Å². The molecule has 7 nitrogen and oxygen atoms in total. The third-order valence-electron chi connectivity index (χ3n) is 4.47. The van der Waals surface area contributed by atoms with Gasteiger partial charge in [-0.15, -0.1) is 11.3 Å². The van der Waals surface area contributed by atoms with Crippen molar-refractivity contribution in [1.29, 1.82) is 0 Å². The van der Waals surface area contributed by atoms with Crippen molar-refractivity contribution in [3.8, 4) is 0 Å². The number of carbonyl (C=O) groups excluding carboxylic acids is 2. The van der Waals surface area contributed by atoms with Gasteiger partial charge in [0.15, 0.2) is 0 Å². The lowest BCUT2D eigenvalue weighted by Crippen LogP contribution is -2.31. The van der Waals surface area contributed by atoms with Crippen molar-refractivity contribution >= 4 is 33.5 Å². The normalized spacial score (nSPS) is 12.0. The fourth-order valence-corrected chi connectivity index (χ4v) is 4.01. The summed E-state index contributed by atoms with van der Waals surface area (Å²) in [6.07, 6.45) is 1.70. The molecule has 0 saturated heterocycles. The Labute approximate surface area is 165 Å². The van der Waals surface area contributed by atoms with Crippen LogP contribution in [-0.4, -0.2) is 28.6 Å². The first-order valence-electron chi connectivity index (χ1n) is 8.77. The molecule has 2 heterocycles. The SMILES string of the molecule is CC[C@H](C(=O)OCc1ccccc1)n1cnc2sc(C(=O)OC)c(C)c2c1=O. The first-order valence-corrected chi connectivity index (χ1v) is 9.58. The van der Waals surface area contributed by atoms with Crippen LogP contribution >= 0.6 is 11.3 Å². The second kappa shape index (κ2) is 8.35. The molecule has 1 atom stereocenters. The van der Waals surface area contributed by atoms with Crippen LogP contribution in [0.2, 0.25) is 0 Å². The van der Waals surface area contributed by atoms with Crippen LogP contribution in [0.4, 0.5) is 0 Å². The van der Waals surface area contributed by atoms with Crippen molar-refractivity contribution < 1.29 is 19.1 Å². The minimum absolute atomic E-state index is 0.130. The smallest absolute Gasteiger partial charge is 0.348 e. The molecule has 0 bridgehead atoms. The molecule has 0 unspecified atom stereocenters. The highest BCUT2D eigenvalue weighted by molar-refractivity contribution is 7.20. The third-order valence-corrected chi connectivity index (χ3v) is 5.65. The van der Waals surface area contributed by atoms with E-state index in [0.717, 1.165) is 16.9 Å². The van der Waals surface area contributed by atoms with Gasteiger partial charge in [0.1, 0.15) is 22.4 Å². The molecule has 2 aromatic heterocycles. The monoisotopic (exact) mass is 400 g/mol. The molecule has 0 N–H and O–H groups in total. The van der Waals surface area contributed by atoms with E-state index >= 15 is 0 Å². The van der Waals surface area contributed by atoms with Crippen LogP contribution in [0.1, 0.15) is 40.2 Å². The van der Waals surface area contributed by atoms with Crippen molar-refractivity contribution in [3.05, 3.63) is 63.0 Å². The zero-order chi connectivity index (χ0) is 20.3. The summed E-state index contributed by atoms with van der Waals surface area (Å²) < 4.78 is 11.4. The van der Waals surface area contributed by atoms with Crippen LogP contribution < -0.4 is 5.56 Å². The van der Waals surface area contributed by atoms with Gasteiger partial charge < -0.3 is 9.47 Å². The fraction of sp³-hybridized carbons (Fsp3) is 0.300. The van der Waals surface area contributed by atoms with Gasteiger partial charge in [-0.05, 0) is 24.5 Å². The minimum atomic E-state index is -0.797. The van der Waals surface area contributed by atoms with Crippen molar-refractivity contribution in [2.75, 3.05) is 7.11 Å². The molecule has 0 radical (unpaired) electrons. The molecule has 0 saturated carbocycles.